The molecule has 154 valence electrons. The lowest BCUT2D eigenvalue weighted by Gasteiger charge is -2.13. The molecule has 0 amide bonds. The molecule has 3 heterocycles. The Morgan fingerprint density at radius 2 is 2.00 bits per heavy atom. The molecule has 8 nitrogen and oxygen atoms in total. The normalized spacial score (nSPS) is 12.0. The minimum atomic E-state index is -0.161. The van der Waals surface area contributed by atoms with Gasteiger partial charge in [0, 0.05) is 63.2 Å². The van der Waals surface area contributed by atoms with Crippen LogP contribution in [0.5, 0.6) is 5.75 Å². The standard InChI is InChI=1S/C22H24N6O2/c1-7-15(13-25(2)3)28-21-17-8-16(14-10-24-26(4)12-14)20(30-6)9-18(17)23-11-19(21)27(5)22(28)29/h7-13H,1H2,2-6H3/b15-13+. The fourth-order valence-corrected chi connectivity index (χ4v) is 3.69. The number of ether oxygens (including phenoxy) is 1. The smallest absolute Gasteiger partial charge is 0.333 e. The Balaban J connectivity index is 2.16. The third kappa shape index (κ3) is 2.97. The minimum Gasteiger partial charge on any atom is -0.496 e. The van der Waals surface area contributed by atoms with E-state index in [1.54, 1.807) is 46.4 Å². The Labute approximate surface area is 173 Å². The summed E-state index contributed by atoms with van der Waals surface area (Å²) in [7, 11) is 9.06. The molecular formula is C22H24N6O2. The maximum atomic E-state index is 13.1. The predicted octanol–water partition coefficient (Wildman–Crippen LogP) is 2.84. The third-order valence-corrected chi connectivity index (χ3v) is 5.08. The van der Waals surface area contributed by atoms with Crippen LogP contribution in [0, 0.1) is 0 Å². The van der Waals surface area contributed by atoms with E-state index < -0.39 is 0 Å². The van der Waals surface area contributed by atoms with Crippen LogP contribution in [0.15, 0.2) is 54.4 Å². The first-order valence-electron chi connectivity index (χ1n) is 9.44. The van der Waals surface area contributed by atoms with Crippen LogP contribution in [0.3, 0.4) is 0 Å². The molecule has 0 aliphatic heterocycles. The number of allylic oxidation sites excluding steroid dienone is 2. The predicted molar refractivity (Wildman–Crippen MR) is 119 cm³/mol. The summed E-state index contributed by atoms with van der Waals surface area (Å²) < 4.78 is 10.6. The van der Waals surface area contributed by atoms with Gasteiger partial charge in [0.15, 0.2) is 0 Å². The maximum absolute atomic E-state index is 13.1. The summed E-state index contributed by atoms with van der Waals surface area (Å²) in [6, 6.07) is 3.90. The molecule has 4 aromatic rings. The number of rotatable bonds is 5. The van der Waals surface area contributed by atoms with Crippen molar-refractivity contribution in [2.75, 3.05) is 21.2 Å². The van der Waals surface area contributed by atoms with E-state index in [0.29, 0.717) is 11.4 Å². The monoisotopic (exact) mass is 404 g/mol. The van der Waals surface area contributed by atoms with Crippen molar-refractivity contribution in [3.05, 3.63) is 60.1 Å². The van der Waals surface area contributed by atoms with E-state index in [9.17, 15) is 4.79 Å². The summed E-state index contributed by atoms with van der Waals surface area (Å²) in [6.45, 7) is 3.91. The third-order valence-electron chi connectivity index (χ3n) is 5.08. The molecule has 0 spiro atoms. The highest BCUT2D eigenvalue weighted by Gasteiger charge is 2.19. The Bertz CT molecular complexity index is 1370. The zero-order valence-corrected chi connectivity index (χ0v) is 17.7. The van der Waals surface area contributed by atoms with Gasteiger partial charge in [-0.05, 0) is 12.1 Å². The lowest BCUT2D eigenvalue weighted by Crippen LogP contribution is -2.22. The number of hydrogen-bond donors (Lipinski definition) is 0. The van der Waals surface area contributed by atoms with Gasteiger partial charge in [0.05, 0.1) is 41.8 Å². The lowest BCUT2D eigenvalue weighted by atomic mass is 10.0. The molecule has 0 N–H and O–H groups in total. The Morgan fingerprint density at radius 3 is 2.60 bits per heavy atom. The van der Waals surface area contributed by atoms with Gasteiger partial charge in [0.1, 0.15) is 5.75 Å². The van der Waals surface area contributed by atoms with Gasteiger partial charge in [0.2, 0.25) is 0 Å². The number of methoxy groups -OCH3 is 1. The molecule has 0 aliphatic carbocycles. The van der Waals surface area contributed by atoms with Crippen LogP contribution in [0.4, 0.5) is 0 Å². The summed E-state index contributed by atoms with van der Waals surface area (Å²) in [5, 5.41) is 5.12. The van der Waals surface area contributed by atoms with Crippen molar-refractivity contribution in [3.8, 4) is 16.9 Å². The first kappa shape index (κ1) is 19.5. The largest absolute Gasteiger partial charge is 0.496 e. The van der Waals surface area contributed by atoms with Crippen molar-refractivity contribution in [2.24, 2.45) is 14.1 Å². The van der Waals surface area contributed by atoms with Crippen molar-refractivity contribution < 1.29 is 4.74 Å². The molecular weight excluding hydrogens is 380 g/mol. The van der Waals surface area contributed by atoms with E-state index in [2.05, 4.69) is 16.7 Å². The van der Waals surface area contributed by atoms with E-state index in [4.69, 9.17) is 4.74 Å². The summed E-state index contributed by atoms with van der Waals surface area (Å²) in [5.41, 5.74) is 4.57. The SMILES string of the molecule is C=C/C(=C\N(C)C)n1c(=O)n(C)c2cnc3cc(OC)c(-c4cnn(C)c4)cc3c21. The van der Waals surface area contributed by atoms with Crippen LogP contribution in [-0.2, 0) is 14.1 Å². The van der Waals surface area contributed by atoms with E-state index in [0.717, 1.165) is 33.1 Å². The fourth-order valence-electron chi connectivity index (χ4n) is 3.69. The van der Waals surface area contributed by atoms with Gasteiger partial charge in [-0.3, -0.25) is 18.8 Å². The molecule has 0 atom stereocenters. The fraction of sp³-hybridized carbons (Fsp3) is 0.227. The maximum Gasteiger partial charge on any atom is 0.333 e. The number of aryl methyl sites for hydroxylation is 2. The highest BCUT2D eigenvalue weighted by atomic mass is 16.5. The quantitative estimate of drug-likeness (QED) is 0.479. The van der Waals surface area contributed by atoms with Gasteiger partial charge in [-0.2, -0.15) is 5.10 Å². The van der Waals surface area contributed by atoms with E-state index >= 15 is 0 Å². The van der Waals surface area contributed by atoms with Crippen molar-refractivity contribution >= 4 is 27.6 Å². The summed E-state index contributed by atoms with van der Waals surface area (Å²) in [4.78, 5) is 19.6. The number of imidazole rings is 1. The van der Waals surface area contributed by atoms with Gasteiger partial charge in [0.25, 0.3) is 0 Å². The summed E-state index contributed by atoms with van der Waals surface area (Å²) in [6.07, 6.45) is 8.98. The topological polar surface area (TPSA) is 70.1 Å². The first-order chi connectivity index (χ1) is 14.3. The summed E-state index contributed by atoms with van der Waals surface area (Å²) in [5.74, 6) is 0.694. The van der Waals surface area contributed by atoms with Crippen molar-refractivity contribution in [1.29, 1.82) is 0 Å². The highest BCUT2D eigenvalue weighted by molar-refractivity contribution is 6.06. The first-order valence-corrected chi connectivity index (χ1v) is 9.44. The van der Waals surface area contributed by atoms with Crippen LogP contribution in [0.1, 0.15) is 0 Å². The molecule has 1 aromatic carbocycles. The molecule has 0 radical (unpaired) electrons. The van der Waals surface area contributed by atoms with Crippen molar-refractivity contribution in [1.82, 2.24) is 28.8 Å². The highest BCUT2D eigenvalue weighted by Crippen LogP contribution is 2.36. The van der Waals surface area contributed by atoms with E-state index in [1.165, 1.54) is 0 Å². The molecule has 4 rings (SSSR count). The number of aromatic nitrogens is 5. The number of fused-ring (bicyclic) bond motifs is 3. The van der Waals surface area contributed by atoms with E-state index in [-0.39, 0.29) is 5.69 Å². The van der Waals surface area contributed by atoms with Crippen LogP contribution < -0.4 is 10.4 Å². The minimum absolute atomic E-state index is 0.161. The summed E-state index contributed by atoms with van der Waals surface area (Å²) >= 11 is 0. The Morgan fingerprint density at radius 1 is 1.23 bits per heavy atom. The second kappa shape index (κ2) is 7.22. The van der Waals surface area contributed by atoms with Crippen LogP contribution in [-0.4, -0.2) is 50.0 Å². The molecule has 3 aromatic heterocycles. The Kier molecular flexibility index (Phi) is 4.69. The van der Waals surface area contributed by atoms with Gasteiger partial charge >= 0.3 is 5.69 Å². The zero-order valence-electron chi connectivity index (χ0n) is 17.7. The average Bonchev–Trinajstić information content (AvgIpc) is 3.27. The van der Waals surface area contributed by atoms with Crippen LogP contribution in [0.2, 0.25) is 0 Å². The van der Waals surface area contributed by atoms with Crippen LogP contribution >= 0.6 is 0 Å². The average molecular weight is 404 g/mol. The zero-order chi connectivity index (χ0) is 21.6. The van der Waals surface area contributed by atoms with Crippen molar-refractivity contribution in [2.45, 2.75) is 0 Å². The van der Waals surface area contributed by atoms with Gasteiger partial charge in [-0.25, -0.2) is 4.79 Å². The number of pyridine rings is 1. The van der Waals surface area contributed by atoms with Crippen molar-refractivity contribution in [3.63, 3.8) is 0 Å². The molecule has 0 aliphatic rings. The van der Waals surface area contributed by atoms with Gasteiger partial charge in [-0.15, -0.1) is 0 Å². The molecule has 0 bridgehead atoms. The van der Waals surface area contributed by atoms with Gasteiger partial charge in [-0.1, -0.05) is 6.58 Å². The van der Waals surface area contributed by atoms with Crippen LogP contribution in [0.25, 0.3) is 38.8 Å². The molecule has 0 unspecified atom stereocenters. The second-order valence-corrected chi connectivity index (χ2v) is 7.36. The number of nitrogens with zero attached hydrogens (tertiary/aromatic N) is 6. The Hall–Kier alpha value is -3.81. The molecule has 0 fully saturated rings. The van der Waals surface area contributed by atoms with E-state index in [1.807, 2.05) is 50.6 Å². The molecule has 30 heavy (non-hydrogen) atoms. The number of hydrogen-bond acceptors (Lipinski definition) is 5. The number of benzene rings is 1. The second-order valence-electron chi connectivity index (χ2n) is 7.36. The lowest BCUT2D eigenvalue weighted by molar-refractivity contribution is 0.417. The molecule has 0 saturated heterocycles. The molecule has 8 heteroatoms. The van der Waals surface area contributed by atoms with Gasteiger partial charge < -0.3 is 9.64 Å². The molecule has 0 saturated carbocycles.